The van der Waals surface area contributed by atoms with E-state index in [0.717, 1.165) is 22.0 Å². The SMILES string of the molecule is CN(C(=O)[C@@H]1COC(C)(C)O1)[C@H]1c2ccccc2C[C@H]1NC(=O)c1cc2cc(Cl)ccc2[nH]1. The normalized spacial score (nSPS) is 23.5. The Labute approximate surface area is 197 Å². The molecule has 8 heteroatoms. The number of halogens is 1. The van der Waals surface area contributed by atoms with Crippen molar-refractivity contribution in [2.45, 2.75) is 44.2 Å². The van der Waals surface area contributed by atoms with Crippen LogP contribution in [0.4, 0.5) is 0 Å². The van der Waals surface area contributed by atoms with Crippen molar-refractivity contribution in [3.63, 3.8) is 0 Å². The fraction of sp³-hybridized carbons (Fsp3) is 0.360. The summed E-state index contributed by atoms with van der Waals surface area (Å²) in [5.41, 5.74) is 3.43. The van der Waals surface area contributed by atoms with Gasteiger partial charge in [0.15, 0.2) is 11.9 Å². The van der Waals surface area contributed by atoms with E-state index in [1.165, 1.54) is 0 Å². The summed E-state index contributed by atoms with van der Waals surface area (Å²) >= 11 is 6.08. The highest BCUT2D eigenvalue weighted by atomic mass is 35.5. The largest absolute Gasteiger partial charge is 0.351 e. The molecule has 2 N–H and O–H groups in total. The fourth-order valence-corrected chi connectivity index (χ4v) is 5.01. The summed E-state index contributed by atoms with van der Waals surface area (Å²) in [6.07, 6.45) is -0.0448. The third kappa shape index (κ3) is 4.12. The number of H-pyrrole nitrogens is 1. The molecule has 1 aliphatic heterocycles. The average molecular weight is 468 g/mol. The van der Waals surface area contributed by atoms with Gasteiger partial charge in [0.25, 0.3) is 11.8 Å². The lowest BCUT2D eigenvalue weighted by atomic mass is 10.0. The second-order valence-corrected chi connectivity index (χ2v) is 9.55. The molecular weight excluding hydrogens is 442 g/mol. The molecule has 2 heterocycles. The van der Waals surface area contributed by atoms with Crippen LogP contribution in [-0.4, -0.2) is 53.3 Å². The molecule has 5 rings (SSSR count). The number of nitrogens with zero attached hydrogens (tertiary/aromatic N) is 1. The van der Waals surface area contributed by atoms with E-state index >= 15 is 0 Å². The molecule has 172 valence electrons. The molecule has 7 nitrogen and oxygen atoms in total. The molecule has 3 aromatic rings. The van der Waals surface area contributed by atoms with E-state index in [1.807, 2.05) is 36.4 Å². The first-order valence-electron chi connectivity index (χ1n) is 11.0. The van der Waals surface area contributed by atoms with Crippen molar-refractivity contribution in [3.05, 3.63) is 70.4 Å². The Morgan fingerprint density at radius 3 is 2.73 bits per heavy atom. The molecule has 0 unspecified atom stereocenters. The van der Waals surface area contributed by atoms with Crippen LogP contribution < -0.4 is 5.32 Å². The maximum absolute atomic E-state index is 13.3. The van der Waals surface area contributed by atoms with Gasteiger partial charge in [-0.3, -0.25) is 9.59 Å². The van der Waals surface area contributed by atoms with Gasteiger partial charge in [-0.05, 0) is 55.7 Å². The van der Waals surface area contributed by atoms with E-state index in [2.05, 4.69) is 10.3 Å². The monoisotopic (exact) mass is 467 g/mol. The van der Waals surface area contributed by atoms with Crippen molar-refractivity contribution >= 4 is 34.3 Å². The van der Waals surface area contributed by atoms with Crippen LogP contribution in [0, 0.1) is 0 Å². The smallest absolute Gasteiger partial charge is 0.268 e. The van der Waals surface area contributed by atoms with Gasteiger partial charge in [0.1, 0.15) is 5.69 Å². The van der Waals surface area contributed by atoms with Gasteiger partial charge in [-0.15, -0.1) is 0 Å². The third-order valence-electron chi connectivity index (χ3n) is 6.39. The summed E-state index contributed by atoms with van der Waals surface area (Å²) in [6, 6.07) is 14.6. The van der Waals surface area contributed by atoms with Crippen LogP contribution in [-0.2, 0) is 20.7 Å². The highest BCUT2D eigenvalue weighted by Crippen LogP contribution is 2.37. The minimum Gasteiger partial charge on any atom is -0.351 e. The number of hydrogen-bond donors (Lipinski definition) is 2. The van der Waals surface area contributed by atoms with Crippen molar-refractivity contribution in [3.8, 4) is 0 Å². The third-order valence-corrected chi connectivity index (χ3v) is 6.62. The quantitative estimate of drug-likeness (QED) is 0.611. The van der Waals surface area contributed by atoms with E-state index in [9.17, 15) is 9.59 Å². The summed E-state index contributed by atoms with van der Waals surface area (Å²) in [4.78, 5) is 31.3. The maximum Gasteiger partial charge on any atom is 0.268 e. The molecule has 0 radical (unpaired) electrons. The maximum atomic E-state index is 13.3. The standard InChI is InChI=1S/C25H26ClN3O4/c1-25(2)32-13-21(33-25)24(31)29(3)22-17-7-5-4-6-14(17)11-19(22)28-23(30)20-12-15-10-16(26)8-9-18(15)27-20/h4-10,12,19,21-22,27H,11,13H2,1-3H3,(H,28,30)/t19-,21+,22+/m1/s1. The Bertz CT molecular complexity index is 1240. The number of aromatic amines is 1. The predicted octanol–water partition coefficient (Wildman–Crippen LogP) is 3.83. The molecule has 2 aliphatic rings. The second-order valence-electron chi connectivity index (χ2n) is 9.11. The van der Waals surface area contributed by atoms with Gasteiger partial charge in [0.05, 0.1) is 18.7 Å². The molecule has 0 saturated carbocycles. The molecule has 1 saturated heterocycles. The van der Waals surface area contributed by atoms with E-state index in [4.69, 9.17) is 21.1 Å². The number of benzene rings is 2. The van der Waals surface area contributed by atoms with Gasteiger partial charge in [-0.1, -0.05) is 35.9 Å². The summed E-state index contributed by atoms with van der Waals surface area (Å²) < 4.78 is 11.4. The van der Waals surface area contributed by atoms with Gasteiger partial charge >= 0.3 is 0 Å². The Hall–Kier alpha value is -2.87. The minimum absolute atomic E-state index is 0.165. The van der Waals surface area contributed by atoms with Crippen LogP contribution in [0.3, 0.4) is 0 Å². The molecule has 2 aromatic carbocycles. The Balaban J connectivity index is 1.39. The van der Waals surface area contributed by atoms with E-state index in [1.54, 1.807) is 37.9 Å². The number of hydrogen-bond acceptors (Lipinski definition) is 4. The first-order valence-corrected chi connectivity index (χ1v) is 11.3. The number of nitrogens with one attached hydrogen (secondary N) is 2. The highest BCUT2D eigenvalue weighted by molar-refractivity contribution is 6.31. The second kappa shape index (κ2) is 8.17. The topological polar surface area (TPSA) is 83.7 Å². The number of ether oxygens (including phenoxy) is 2. The van der Waals surface area contributed by atoms with Gasteiger partial charge in [-0.25, -0.2) is 0 Å². The van der Waals surface area contributed by atoms with Crippen molar-refractivity contribution < 1.29 is 19.1 Å². The number of likely N-dealkylation sites (N-methyl/N-ethyl adjacent to an activating group) is 1. The molecule has 1 aromatic heterocycles. The van der Waals surface area contributed by atoms with Gasteiger partial charge in [-0.2, -0.15) is 0 Å². The van der Waals surface area contributed by atoms with Gasteiger partial charge in [0.2, 0.25) is 0 Å². The van der Waals surface area contributed by atoms with Crippen molar-refractivity contribution in [2.75, 3.05) is 13.7 Å². The molecular formula is C25H26ClN3O4. The summed E-state index contributed by atoms with van der Waals surface area (Å²) in [6.45, 7) is 3.79. The summed E-state index contributed by atoms with van der Waals surface area (Å²) in [5.74, 6) is -1.18. The zero-order chi connectivity index (χ0) is 23.3. The molecule has 33 heavy (non-hydrogen) atoms. The van der Waals surface area contributed by atoms with Crippen LogP contribution in [0.25, 0.3) is 10.9 Å². The van der Waals surface area contributed by atoms with E-state index in [0.29, 0.717) is 17.1 Å². The molecule has 2 amide bonds. The predicted molar refractivity (Wildman–Crippen MR) is 125 cm³/mol. The minimum atomic E-state index is -0.791. The summed E-state index contributed by atoms with van der Waals surface area (Å²) in [7, 11) is 1.76. The first kappa shape index (κ1) is 21.9. The number of amides is 2. The lowest BCUT2D eigenvalue weighted by molar-refractivity contribution is -0.161. The van der Waals surface area contributed by atoms with Crippen LogP contribution in [0.1, 0.15) is 41.5 Å². The molecule has 3 atom stereocenters. The number of carbonyl (C=O) groups is 2. The van der Waals surface area contributed by atoms with E-state index < -0.39 is 11.9 Å². The number of aromatic nitrogens is 1. The van der Waals surface area contributed by atoms with Gasteiger partial charge in [0, 0.05) is 23.0 Å². The highest BCUT2D eigenvalue weighted by Gasteiger charge is 2.43. The lowest BCUT2D eigenvalue weighted by Gasteiger charge is -2.32. The number of rotatable bonds is 4. The van der Waals surface area contributed by atoms with Crippen molar-refractivity contribution in [2.24, 2.45) is 0 Å². The molecule has 0 bridgehead atoms. The van der Waals surface area contributed by atoms with Crippen LogP contribution in [0.15, 0.2) is 48.5 Å². The van der Waals surface area contributed by atoms with Gasteiger partial charge < -0.3 is 24.7 Å². The Morgan fingerprint density at radius 2 is 1.97 bits per heavy atom. The first-order chi connectivity index (χ1) is 15.7. The van der Waals surface area contributed by atoms with Crippen molar-refractivity contribution in [1.82, 2.24) is 15.2 Å². The molecule has 1 aliphatic carbocycles. The van der Waals surface area contributed by atoms with Crippen LogP contribution in [0.5, 0.6) is 0 Å². The Morgan fingerprint density at radius 1 is 1.18 bits per heavy atom. The zero-order valence-corrected chi connectivity index (χ0v) is 19.5. The summed E-state index contributed by atoms with van der Waals surface area (Å²) in [5, 5.41) is 4.62. The average Bonchev–Trinajstić information content (AvgIpc) is 3.46. The van der Waals surface area contributed by atoms with Crippen molar-refractivity contribution in [1.29, 1.82) is 0 Å². The molecule has 0 spiro atoms. The van der Waals surface area contributed by atoms with E-state index in [-0.39, 0.29) is 30.5 Å². The zero-order valence-electron chi connectivity index (χ0n) is 18.7. The number of fused-ring (bicyclic) bond motifs is 2. The Kier molecular flexibility index (Phi) is 5.43. The number of carbonyl (C=O) groups excluding carboxylic acids is 2. The fourth-order valence-electron chi connectivity index (χ4n) is 4.83. The van der Waals surface area contributed by atoms with Crippen LogP contribution in [0.2, 0.25) is 5.02 Å². The lowest BCUT2D eigenvalue weighted by Crippen LogP contribution is -2.48. The van der Waals surface area contributed by atoms with Crippen LogP contribution >= 0.6 is 11.6 Å². The molecule has 1 fully saturated rings.